The standard InChI is InChI=1S/C14H25NO5/c1-9(11(16)20-13(2,3)4)6-7-10-15-14(5,8-19-10)12(17)18/h9-10,15H,6-8H2,1-5H3,(H,17,18). The molecule has 3 atom stereocenters. The summed E-state index contributed by atoms with van der Waals surface area (Å²) in [5.74, 6) is -1.41. The SMILES string of the molecule is CC(CCC1NC(C)(C(=O)O)CO1)C(=O)OC(C)(C)C. The lowest BCUT2D eigenvalue weighted by Gasteiger charge is -2.23. The quantitative estimate of drug-likeness (QED) is 0.746. The molecule has 1 heterocycles. The molecule has 0 bridgehead atoms. The predicted molar refractivity (Wildman–Crippen MR) is 73.2 cm³/mol. The van der Waals surface area contributed by atoms with Crippen LogP contribution in [0.5, 0.6) is 0 Å². The van der Waals surface area contributed by atoms with Gasteiger partial charge in [-0.25, -0.2) is 0 Å². The molecule has 6 heteroatoms. The Labute approximate surface area is 119 Å². The number of nitrogens with one attached hydrogen (secondary N) is 1. The molecule has 0 aromatic carbocycles. The largest absolute Gasteiger partial charge is 0.480 e. The van der Waals surface area contributed by atoms with Gasteiger partial charge in [-0.15, -0.1) is 0 Å². The lowest BCUT2D eigenvalue weighted by Crippen LogP contribution is -2.49. The second-order valence-corrected chi connectivity index (χ2v) is 6.59. The lowest BCUT2D eigenvalue weighted by atomic mass is 10.0. The molecule has 0 saturated carbocycles. The third-order valence-corrected chi connectivity index (χ3v) is 3.20. The summed E-state index contributed by atoms with van der Waals surface area (Å²) >= 11 is 0. The summed E-state index contributed by atoms with van der Waals surface area (Å²) < 4.78 is 10.7. The van der Waals surface area contributed by atoms with E-state index in [1.54, 1.807) is 13.8 Å². The predicted octanol–water partition coefficient (Wildman–Crippen LogP) is 1.53. The Hall–Kier alpha value is -1.14. The van der Waals surface area contributed by atoms with E-state index in [1.807, 2.05) is 20.8 Å². The van der Waals surface area contributed by atoms with Crippen LogP contribution in [0, 0.1) is 5.92 Å². The van der Waals surface area contributed by atoms with Gasteiger partial charge in [-0.1, -0.05) is 6.92 Å². The van der Waals surface area contributed by atoms with Crippen LogP contribution in [0.2, 0.25) is 0 Å². The van der Waals surface area contributed by atoms with Crippen LogP contribution in [0.3, 0.4) is 0 Å². The van der Waals surface area contributed by atoms with Gasteiger partial charge in [0.1, 0.15) is 17.4 Å². The Morgan fingerprint density at radius 2 is 2.10 bits per heavy atom. The van der Waals surface area contributed by atoms with Gasteiger partial charge in [0, 0.05) is 0 Å². The molecule has 1 aliphatic heterocycles. The Morgan fingerprint density at radius 1 is 1.50 bits per heavy atom. The normalized spacial score (nSPS) is 28.1. The second kappa shape index (κ2) is 6.10. The summed E-state index contributed by atoms with van der Waals surface area (Å²) in [6, 6.07) is 0. The molecule has 0 radical (unpaired) electrons. The number of carboxylic acids is 1. The molecule has 0 spiro atoms. The van der Waals surface area contributed by atoms with Gasteiger partial charge in [-0.3, -0.25) is 14.9 Å². The highest BCUT2D eigenvalue weighted by molar-refractivity contribution is 5.78. The van der Waals surface area contributed by atoms with Crippen molar-refractivity contribution in [1.82, 2.24) is 5.32 Å². The number of esters is 1. The minimum atomic E-state index is -1.04. The molecule has 116 valence electrons. The molecule has 0 aliphatic carbocycles. The minimum Gasteiger partial charge on any atom is -0.480 e. The zero-order valence-corrected chi connectivity index (χ0v) is 12.9. The number of carbonyl (C=O) groups is 2. The van der Waals surface area contributed by atoms with Gasteiger partial charge in [-0.05, 0) is 40.5 Å². The molecule has 1 rings (SSSR count). The molecule has 0 aromatic heterocycles. The first-order chi connectivity index (χ1) is 9.03. The first-order valence-corrected chi connectivity index (χ1v) is 6.89. The first-order valence-electron chi connectivity index (χ1n) is 6.89. The number of carboxylic acid groups (broad SMARTS) is 1. The fourth-order valence-corrected chi connectivity index (χ4v) is 1.91. The van der Waals surface area contributed by atoms with Gasteiger partial charge in [0.2, 0.25) is 0 Å². The smallest absolute Gasteiger partial charge is 0.326 e. The molecular formula is C14H25NO5. The summed E-state index contributed by atoms with van der Waals surface area (Å²) in [4.78, 5) is 22.9. The van der Waals surface area contributed by atoms with Gasteiger partial charge in [0.25, 0.3) is 0 Å². The van der Waals surface area contributed by atoms with Crippen molar-refractivity contribution < 1.29 is 24.2 Å². The van der Waals surface area contributed by atoms with Crippen LogP contribution in [-0.4, -0.2) is 41.0 Å². The molecule has 0 amide bonds. The van der Waals surface area contributed by atoms with Crippen molar-refractivity contribution in [2.75, 3.05) is 6.61 Å². The monoisotopic (exact) mass is 287 g/mol. The van der Waals surface area contributed by atoms with Crippen LogP contribution in [0.4, 0.5) is 0 Å². The van der Waals surface area contributed by atoms with E-state index in [0.29, 0.717) is 12.8 Å². The number of ether oxygens (including phenoxy) is 2. The average molecular weight is 287 g/mol. The molecule has 3 unspecified atom stereocenters. The Balaban J connectivity index is 2.38. The topological polar surface area (TPSA) is 84.9 Å². The zero-order valence-electron chi connectivity index (χ0n) is 12.9. The van der Waals surface area contributed by atoms with Crippen molar-refractivity contribution in [3.8, 4) is 0 Å². The van der Waals surface area contributed by atoms with Gasteiger partial charge < -0.3 is 14.6 Å². The average Bonchev–Trinajstić information content (AvgIpc) is 2.67. The second-order valence-electron chi connectivity index (χ2n) is 6.59. The summed E-state index contributed by atoms with van der Waals surface area (Å²) in [7, 11) is 0. The van der Waals surface area contributed by atoms with Crippen molar-refractivity contribution in [2.24, 2.45) is 5.92 Å². The van der Waals surface area contributed by atoms with Crippen molar-refractivity contribution in [1.29, 1.82) is 0 Å². The first kappa shape index (κ1) is 16.9. The van der Waals surface area contributed by atoms with Gasteiger partial charge >= 0.3 is 11.9 Å². The highest BCUT2D eigenvalue weighted by Gasteiger charge is 2.41. The van der Waals surface area contributed by atoms with Gasteiger partial charge in [0.15, 0.2) is 0 Å². The van der Waals surface area contributed by atoms with Crippen LogP contribution in [-0.2, 0) is 19.1 Å². The third-order valence-electron chi connectivity index (χ3n) is 3.20. The Morgan fingerprint density at radius 3 is 2.55 bits per heavy atom. The van der Waals surface area contributed by atoms with E-state index in [1.165, 1.54) is 0 Å². The highest BCUT2D eigenvalue weighted by Crippen LogP contribution is 2.21. The van der Waals surface area contributed by atoms with E-state index in [-0.39, 0.29) is 24.7 Å². The van der Waals surface area contributed by atoms with E-state index in [4.69, 9.17) is 14.6 Å². The highest BCUT2D eigenvalue weighted by atomic mass is 16.6. The lowest BCUT2D eigenvalue weighted by molar-refractivity contribution is -0.159. The van der Waals surface area contributed by atoms with Crippen LogP contribution >= 0.6 is 0 Å². The fourth-order valence-electron chi connectivity index (χ4n) is 1.91. The van der Waals surface area contributed by atoms with Crippen LogP contribution < -0.4 is 5.32 Å². The van der Waals surface area contributed by atoms with Crippen LogP contribution in [0.1, 0.15) is 47.5 Å². The molecule has 0 aromatic rings. The van der Waals surface area contributed by atoms with E-state index in [9.17, 15) is 9.59 Å². The zero-order chi connectivity index (χ0) is 15.6. The Kier molecular flexibility index (Phi) is 5.15. The number of hydrogen-bond acceptors (Lipinski definition) is 5. The van der Waals surface area contributed by atoms with Gasteiger partial charge in [0.05, 0.1) is 12.5 Å². The van der Waals surface area contributed by atoms with Gasteiger partial charge in [-0.2, -0.15) is 0 Å². The van der Waals surface area contributed by atoms with Crippen molar-refractivity contribution in [3.63, 3.8) is 0 Å². The number of hydrogen-bond donors (Lipinski definition) is 2. The van der Waals surface area contributed by atoms with Crippen LogP contribution in [0.15, 0.2) is 0 Å². The van der Waals surface area contributed by atoms with E-state index >= 15 is 0 Å². The maximum Gasteiger partial charge on any atom is 0.326 e. The van der Waals surface area contributed by atoms with Crippen LogP contribution in [0.25, 0.3) is 0 Å². The molecule has 1 aliphatic rings. The summed E-state index contributed by atoms with van der Waals surface area (Å²) in [5, 5.41) is 12.0. The number of carbonyl (C=O) groups excluding carboxylic acids is 1. The van der Waals surface area contributed by atoms with E-state index < -0.39 is 17.1 Å². The molecule has 1 saturated heterocycles. The van der Waals surface area contributed by atoms with E-state index in [2.05, 4.69) is 5.32 Å². The molecule has 20 heavy (non-hydrogen) atoms. The van der Waals surface area contributed by atoms with Crippen molar-refractivity contribution in [3.05, 3.63) is 0 Å². The molecule has 1 fully saturated rings. The summed E-state index contributed by atoms with van der Waals surface area (Å²) in [6.07, 6.45) is 0.826. The molecule has 6 nitrogen and oxygen atoms in total. The Bertz CT molecular complexity index is 376. The van der Waals surface area contributed by atoms with Crippen molar-refractivity contribution in [2.45, 2.75) is 64.8 Å². The number of aliphatic carboxylic acids is 1. The third kappa shape index (κ3) is 4.76. The molecule has 2 N–H and O–H groups in total. The van der Waals surface area contributed by atoms with Crippen molar-refractivity contribution >= 4 is 11.9 Å². The molecular weight excluding hydrogens is 262 g/mol. The number of rotatable bonds is 5. The fraction of sp³-hybridized carbons (Fsp3) is 0.857. The summed E-state index contributed by atoms with van der Waals surface area (Å²) in [6.45, 7) is 9.02. The maximum absolute atomic E-state index is 11.8. The van der Waals surface area contributed by atoms with E-state index in [0.717, 1.165) is 0 Å². The maximum atomic E-state index is 11.8. The summed E-state index contributed by atoms with van der Waals surface area (Å²) in [5.41, 5.74) is -1.53. The minimum absolute atomic E-state index is 0.133.